The molecule has 20 heavy (non-hydrogen) atoms. The maximum Gasteiger partial charge on any atom is 0.0475 e. The maximum atomic E-state index is 3.55. The van der Waals surface area contributed by atoms with E-state index in [0.29, 0.717) is 12.1 Å². The molecule has 0 saturated carbocycles. The molecule has 0 amide bonds. The van der Waals surface area contributed by atoms with Gasteiger partial charge in [-0.2, -0.15) is 0 Å². The van der Waals surface area contributed by atoms with Gasteiger partial charge < -0.3 is 5.32 Å². The Morgan fingerprint density at radius 2 is 1.80 bits per heavy atom. The molecule has 1 aromatic carbocycles. The highest BCUT2D eigenvalue weighted by molar-refractivity contribution is 5.20. The van der Waals surface area contributed by atoms with Crippen LogP contribution in [0.5, 0.6) is 0 Å². The monoisotopic (exact) mass is 274 g/mol. The molecule has 1 N–H and O–H groups in total. The van der Waals surface area contributed by atoms with Gasteiger partial charge in [-0.15, -0.1) is 0 Å². The number of hydrogen-bond acceptors (Lipinski definition) is 2. The lowest BCUT2D eigenvalue weighted by molar-refractivity contribution is 0.104. The average molecular weight is 274 g/mol. The summed E-state index contributed by atoms with van der Waals surface area (Å²) < 4.78 is 0. The molecule has 1 aromatic rings. The smallest absolute Gasteiger partial charge is 0.0475 e. The molecule has 2 heteroatoms. The standard InChI is InChI=1S/C18H30N2/c1-4-15-11-13-20(14-12-15)17(5-2)18(19-3)16-9-7-6-8-10-16/h6-10,15,17-19H,4-5,11-14H2,1-3H3. The van der Waals surface area contributed by atoms with E-state index in [9.17, 15) is 0 Å². The fourth-order valence-corrected chi connectivity index (χ4v) is 3.64. The highest BCUT2D eigenvalue weighted by atomic mass is 15.2. The predicted molar refractivity (Wildman–Crippen MR) is 86.9 cm³/mol. The second-order valence-electron chi connectivity index (χ2n) is 6.04. The summed E-state index contributed by atoms with van der Waals surface area (Å²) in [6, 6.07) is 12.0. The predicted octanol–water partition coefficient (Wildman–Crippen LogP) is 3.85. The molecule has 2 unspecified atom stereocenters. The molecule has 2 atom stereocenters. The molecule has 1 fully saturated rings. The quantitative estimate of drug-likeness (QED) is 0.847. The number of nitrogens with zero attached hydrogens (tertiary/aromatic N) is 1. The molecule has 1 aliphatic heterocycles. The molecule has 0 aliphatic carbocycles. The van der Waals surface area contributed by atoms with Crippen LogP contribution < -0.4 is 5.32 Å². The fraction of sp³-hybridized carbons (Fsp3) is 0.667. The minimum Gasteiger partial charge on any atom is -0.312 e. The molecule has 1 heterocycles. The van der Waals surface area contributed by atoms with E-state index in [1.165, 1.54) is 44.3 Å². The highest BCUT2D eigenvalue weighted by Crippen LogP contribution is 2.28. The number of likely N-dealkylation sites (tertiary alicyclic amines) is 1. The Balaban J connectivity index is 2.06. The molecule has 1 aliphatic rings. The number of piperidine rings is 1. The molecule has 0 aromatic heterocycles. The lowest BCUT2D eigenvalue weighted by Gasteiger charge is -2.41. The van der Waals surface area contributed by atoms with Gasteiger partial charge >= 0.3 is 0 Å². The normalized spacial score (nSPS) is 20.8. The first-order valence-electron chi connectivity index (χ1n) is 8.26. The Kier molecular flexibility index (Phi) is 6.06. The first-order valence-corrected chi connectivity index (χ1v) is 8.26. The molecular weight excluding hydrogens is 244 g/mol. The Labute approximate surface area is 124 Å². The third kappa shape index (κ3) is 3.62. The highest BCUT2D eigenvalue weighted by Gasteiger charge is 2.29. The topological polar surface area (TPSA) is 15.3 Å². The van der Waals surface area contributed by atoms with Crippen molar-refractivity contribution in [1.82, 2.24) is 10.2 Å². The van der Waals surface area contributed by atoms with Crippen molar-refractivity contribution in [2.45, 2.75) is 51.6 Å². The van der Waals surface area contributed by atoms with Gasteiger partial charge in [-0.3, -0.25) is 4.90 Å². The Bertz CT molecular complexity index is 368. The van der Waals surface area contributed by atoms with Crippen LogP contribution in [0.4, 0.5) is 0 Å². The van der Waals surface area contributed by atoms with Gasteiger partial charge in [0.2, 0.25) is 0 Å². The number of hydrogen-bond donors (Lipinski definition) is 1. The number of benzene rings is 1. The van der Waals surface area contributed by atoms with Crippen LogP contribution in [0.2, 0.25) is 0 Å². The molecular formula is C18H30N2. The van der Waals surface area contributed by atoms with Crippen LogP contribution in [0, 0.1) is 5.92 Å². The number of rotatable bonds is 6. The van der Waals surface area contributed by atoms with Crippen LogP contribution in [-0.4, -0.2) is 31.1 Å². The summed E-state index contributed by atoms with van der Waals surface area (Å²) in [4.78, 5) is 2.71. The van der Waals surface area contributed by atoms with Crippen molar-refractivity contribution >= 4 is 0 Å². The van der Waals surface area contributed by atoms with Gasteiger partial charge in [-0.25, -0.2) is 0 Å². The average Bonchev–Trinajstić information content (AvgIpc) is 2.53. The van der Waals surface area contributed by atoms with Crippen LogP contribution in [0.1, 0.15) is 51.1 Å². The van der Waals surface area contributed by atoms with Crippen LogP contribution >= 0.6 is 0 Å². The van der Waals surface area contributed by atoms with Crippen molar-refractivity contribution in [3.05, 3.63) is 35.9 Å². The van der Waals surface area contributed by atoms with E-state index in [0.717, 1.165) is 5.92 Å². The lowest BCUT2D eigenvalue weighted by Crippen LogP contribution is -2.47. The maximum absolute atomic E-state index is 3.55. The molecule has 0 bridgehead atoms. The summed E-state index contributed by atoms with van der Waals surface area (Å²) in [5.41, 5.74) is 1.42. The molecule has 112 valence electrons. The van der Waals surface area contributed by atoms with Crippen LogP contribution in [0.25, 0.3) is 0 Å². The Morgan fingerprint density at radius 1 is 1.15 bits per heavy atom. The summed E-state index contributed by atoms with van der Waals surface area (Å²) >= 11 is 0. The van der Waals surface area contributed by atoms with E-state index in [1.54, 1.807) is 0 Å². The summed E-state index contributed by atoms with van der Waals surface area (Å²) in [5, 5.41) is 3.55. The van der Waals surface area contributed by atoms with Crippen molar-refractivity contribution in [2.24, 2.45) is 5.92 Å². The minimum atomic E-state index is 0.444. The Morgan fingerprint density at radius 3 is 2.30 bits per heavy atom. The summed E-state index contributed by atoms with van der Waals surface area (Å²) in [5.74, 6) is 0.952. The summed E-state index contributed by atoms with van der Waals surface area (Å²) in [6.45, 7) is 7.19. The zero-order valence-corrected chi connectivity index (χ0v) is 13.3. The molecule has 1 saturated heterocycles. The van der Waals surface area contributed by atoms with E-state index in [1.807, 2.05) is 0 Å². The zero-order valence-electron chi connectivity index (χ0n) is 13.3. The van der Waals surface area contributed by atoms with Crippen molar-refractivity contribution in [2.75, 3.05) is 20.1 Å². The van der Waals surface area contributed by atoms with E-state index >= 15 is 0 Å². The van der Waals surface area contributed by atoms with Crippen molar-refractivity contribution in [1.29, 1.82) is 0 Å². The van der Waals surface area contributed by atoms with E-state index in [2.05, 4.69) is 61.4 Å². The van der Waals surface area contributed by atoms with Crippen molar-refractivity contribution in [3.8, 4) is 0 Å². The van der Waals surface area contributed by atoms with Gasteiger partial charge in [0.25, 0.3) is 0 Å². The largest absolute Gasteiger partial charge is 0.312 e. The van der Waals surface area contributed by atoms with Gasteiger partial charge in [0.05, 0.1) is 0 Å². The first-order chi connectivity index (χ1) is 9.80. The number of likely N-dealkylation sites (N-methyl/N-ethyl adjacent to an activating group) is 1. The third-order valence-electron chi connectivity index (χ3n) is 4.97. The van der Waals surface area contributed by atoms with Gasteiger partial charge in [0.1, 0.15) is 0 Å². The van der Waals surface area contributed by atoms with Crippen molar-refractivity contribution < 1.29 is 0 Å². The van der Waals surface area contributed by atoms with E-state index in [-0.39, 0.29) is 0 Å². The minimum absolute atomic E-state index is 0.444. The van der Waals surface area contributed by atoms with Gasteiger partial charge in [-0.1, -0.05) is 50.6 Å². The van der Waals surface area contributed by atoms with Crippen LogP contribution in [0.15, 0.2) is 30.3 Å². The second kappa shape index (κ2) is 7.80. The summed E-state index contributed by atoms with van der Waals surface area (Å²) in [6.07, 6.45) is 5.30. The number of nitrogens with one attached hydrogen (secondary N) is 1. The summed E-state index contributed by atoms with van der Waals surface area (Å²) in [7, 11) is 2.10. The van der Waals surface area contributed by atoms with Crippen LogP contribution in [-0.2, 0) is 0 Å². The molecule has 0 spiro atoms. The van der Waals surface area contributed by atoms with Gasteiger partial charge in [0.15, 0.2) is 0 Å². The fourth-order valence-electron chi connectivity index (χ4n) is 3.64. The van der Waals surface area contributed by atoms with Crippen molar-refractivity contribution in [3.63, 3.8) is 0 Å². The first kappa shape index (κ1) is 15.5. The second-order valence-corrected chi connectivity index (χ2v) is 6.04. The van der Waals surface area contributed by atoms with Gasteiger partial charge in [-0.05, 0) is 50.9 Å². The van der Waals surface area contributed by atoms with E-state index in [4.69, 9.17) is 0 Å². The van der Waals surface area contributed by atoms with E-state index < -0.39 is 0 Å². The molecule has 2 nitrogen and oxygen atoms in total. The lowest BCUT2D eigenvalue weighted by atomic mass is 9.90. The Hall–Kier alpha value is -0.860. The molecule has 2 rings (SSSR count). The van der Waals surface area contributed by atoms with Gasteiger partial charge in [0, 0.05) is 12.1 Å². The SMILES string of the molecule is CCC1CCN(C(CC)C(NC)c2ccccc2)CC1. The zero-order chi connectivity index (χ0) is 14.4. The van der Waals surface area contributed by atoms with Crippen LogP contribution in [0.3, 0.4) is 0 Å². The third-order valence-corrected chi connectivity index (χ3v) is 4.97. The molecule has 0 radical (unpaired) electrons.